The first-order chi connectivity index (χ1) is 6.43. The van der Waals surface area contributed by atoms with Crippen LogP contribution >= 0.6 is 0 Å². The molecule has 1 aliphatic rings. The second-order valence-corrected chi connectivity index (χ2v) is 4.73. The molecule has 1 saturated carbocycles. The smallest absolute Gasteiger partial charge is 0.224 e. The van der Waals surface area contributed by atoms with Crippen LogP contribution in [0.1, 0.15) is 33.1 Å². The van der Waals surface area contributed by atoms with Gasteiger partial charge in [-0.25, -0.2) is 0 Å². The Kier molecular flexibility index (Phi) is 3.50. The van der Waals surface area contributed by atoms with E-state index in [4.69, 9.17) is 5.73 Å². The highest BCUT2D eigenvalue weighted by atomic mass is 16.3. The normalized spacial score (nSPS) is 27.9. The standard InChI is InChI=1S/C10H20N2O2/c1-10(2,9(11)14)6-12-7-4-3-5-8(7)13/h7-8,12-13H,3-6H2,1-2H3,(H2,11,14). The lowest BCUT2D eigenvalue weighted by Gasteiger charge is -2.25. The lowest BCUT2D eigenvalue weighted by atomic mass is 9.92. The predicted molar refractivity (Wildman–Crippen MR) is 54.6 cm³/mol. The molecule has 82 valence electrons. The Labute approximate surface area is 84.9 Å². The van der Waals surface area contributed by atoms with Gasteiger partial charge in [0.05, 0.1) is 11.5 Å². The van der Waals surface area contributed by atoms with Gasteiger partial charge < -0.3 is 16.2 Å². The van der Waals surface area contributed by atoms with E-state index in [-0.39, 0.29) is 18.1 Å². The lowest BCUT2D eigenvalue weighted by molar-refractivity contribution is -0.125. The summed E-state index contributed by atoms with van der Waals surface area (Å²) in [7, 11) is 0. The Balaban J connectivity index is 2.36. The number of amides is 1. The number of rotatable bonds is 4. The van der Waals surface area contributed by atoms with E-state index in [1.54, 1.807) is 0 Å². The van der Waals surface area contributed by atoms with Crippen molar-refractivity contribution in [2.45, 2.75) is 45.3 Å². The van der Waals surface area contributed by atoms with Gasteiger partial charge in [-0.3, -0.25) is 4.79 Å². The van der Waals surface area contributed by atoms with Crippen LogP contribution in [0, 0.1) is 5.41 Å². The number of aliphatic hydroxyl groups excluding tert-OH is 1. The molecule has 4 heteroatoms. The van der Waals surface area contributed by atoms with Gasteiger partial charge in [0.2, 0.25) is 5.91 Å². The number of aliphatic hydroxyl groups is 1. The molecule has 14 heavy (non-hydrogen) atoms. The Bertz CT molecular complexity index is 216. The molecule has 1 amide bonds. The Morgan fingerprint density at radius 2 is 2.21 bits per heavy atom. The molecule has 0 aromatic heterocycles. The van der Waals surface area contributed by atoms with E-state index in [0.29, 0.717) is 6.54 Å². The van der Waals surface area contributed by atoms with Gasteiger partial charge in [0, 0.05) is 12.6 Å². The van der Waals surface area contributed by atoms with Crippen molar-refractivity contribution in [1.29, 1.82) is 0 Å². The number of nitrogens with two attached hydrogens (primary N) is 1. The van der Waals surface area contributed by atoms with Crippen molar-refractivity contribution in [2.24, 2.45) is 11.1 Å². The maximum atomic E-state index is 11.0. The van der Waals surface area contributed by atoms with Crippen molar-refractivity contribution in [2.75, 3.05) is 6.54 Å². The minimum Gasteiger partial charge on any atom is -0.392 e. The molecule has 0 heterocycles. The Morgan fingerprint density at radius 1 is 1.57 bits per heavy atom. The van der Waals surface area contributed by atoms with Crippen molar-refractivity contribution in [3.05, 3.63) is 0 Å². The average molecular weight is 200 g/mol. The minimum absolute atomic E-state index is 0.133. The fraction of sp³-hybridized carbons (Fsp3) is 0.900. The Morgan fingerprint density at radius 3 is 2.64 bits per heavy atom. The topological polar surface area (TPSA) is 75.3 Å². The van der Waals surface area contributed by atoms with Crippen LogP contribution in [-0.2, 0) is 4.79 Å². The van der Waals surface area contributed by atoms with E-state index >= 15 is 0 Å². The number of carbonyl (C=O) groups excluding carboxylic acids is 1. The summed E-state index contributed by atoms with van der Waals surface area (Å²) >= 11 is 0. The van der Waals surface area contributed by atoms with Gasteiger partial charge in [0.25, 0.3) is 0 Å². The van der Waals surface area contributed by atoms with E-state index in [2.05, 4.69) is 5.32 Å². The number of primary amides is 1. The van der Waals surface area contributed by atoms with Gasteiger partial charge in [0.15, 0.2) is 0 Å². The molecule has 4 N–H and O–H groups in total. The van der Waals surface area contributed by atoms with E-state index in [1.807, 2.05) is 13.8 Å². The predicted octanol–water partition coefficient (Wildman–Crippen LogP) is 0.000900. The van der Waals surface area contributed by atoms with Crippen LogP contribution in [0.3, 0.4) is 0 Å². The van der Waals surface area contributed by atoms with Crippen LogP contribution in [0.2, 0.25) is 0 Å². The van der Waals surface area contributed by atoms with Crippen LogP contribution < -0.4 is 11.1 Å². The van der Waals surface area contributed by atoms with Gasteiger partial charge in [0.1, 0.15) is 0 Å². The zero-order valence-electron chi connectivity index (χ0n) is 8.92. The van der Waals surface area contributed by atoms with Crippen LogP contribution in [0.4, 0.5) is 0 Å². The second-order valence-electron chi connectivity index (χ2n) is 4.73. The highest BCUT2D eigenvalue weighted by Gasteiger charge is 2.29. The van der Waals surface area contributed by atoms with Crippen LogP contribution in [0.15, 0.2) is 0 Å². The van der Waals surface area contributed by atoms with Crippen molar-refractivity contribution in [3.8, 4) is 0 Å². The first-order valence-electron chi connectivity index (χ1n) is 5.15. The maximum Gasteiger partial charge on any atom is 0.224 e. The third-order valence-electron chi connectivity index (χ3n) is 2.95. The third-order valence-corrected chi connectivity index (χ3v) is 2.95. The number of nitrogens with one attached hydrogen (secondary N) is 1. The zero-order valence-corrected chi connectivity index (χ0v) is 8.92. The summed E-state index contributed by atoms with van der Waals surface area (Å²) in [5.41, 5.74) is 4.71. The summed E-state index contributed by atoms with van der Waals surface area (Å²) < 4.78 is 0. The van der Waals surface area contributed by atoms with Gasteiger partial charge in [-0.1, -0.05) is 0 Å². The first kappa shape index (κ1) is 11.5. The van der Waals surface area contributed by atoms with Crippen molar-refractivity contribution < 1.29 is 9.90 Å². The Hall–Kier alpha value is -0.610. The van der Waals surface area contributed by atoms with Crippen LogP contribution in [-0.4, -0.2) is 29.7 Å². The summed E-state index contributed by atoms with van der Waals surface area (Å²) in [5, 5.41) is 12.7. The third kappa shape index (κ3) is 2.69. The molecule has 0 spiro atoms. The molecule has 0 aromatic carbocycles. The molecule has 1 rings (SSSR count). The maximum absolute atomic E-state index is 11.0. The van der Waals surface area contributed by atoms with Gasteiger partial charge in [-0.15, -0.1) is 0 Å². The monoisotopic (exact) mass is 200 g/mol. The molecule has 2 atom stereocenters. The molecular formula is C10H20N2O2. The van der Waals surface area contributed by atoms with Crippen LogP contribution in [0.5, 0.6) is 0 Å². The summed E-state index contributed by atoms with van der Waals surface area (Å²) in [6.07, 6.45) is 2.62. The fourth-order valence-corrected chi connectivity index (χ4v) is 1.65. The van der Waals surface area contributed by atoms with E-state index in [1.165, 1.54) is 0 Å². The zero-order chi connectivity index (χ0) is 10.8. The molecule has 0 aliphatic heterocycles. The van der Waals surface area contributed by atoms with Crippen LogP contribution in [0.25, 0.3) is 0 Å². The fourth-order valence-electron chi connectivity index (χ4n) is 1.65. The molecule has 1 aliphatic carbocycles. The van der Waals surface area contributed by atoms with Gasteiger partial charge >= 0.3 is 0 Å². The highest BCUT2D eigenvalue weighted by Crippen LogP contribution is 2.20. The van der Waals surface area contributed by atoms with E-state index in [0.717, 1.165) is 19.3 Å². The molecule has 0 bridgehead atoms. The van der Waals surface area contributed by atoms with Crippen molar-refractivity contribution in [3.63, 3.8) is 0 Å². The van der Waals surface area contributed by atoms with E-state index < -0.39 is 5.41 Å². The molecule has 0 radical (unpaired) electrons. The van der Waals surface area contributed by atoms with Crippen molar-refractivity contribution >= 4 is 5.91 Å². The highest BCUT2D eigenvalue weighted by molar-refractivity contribution is 5.80. The summed E-state index contributed by atoms with van der Waals surface area (Å²) in [5.74, 6) is -0.308. The molecule has 0 aromatic rings. The minimum atomic E-state index is -0.539. The quantitative estimate of drug-likeness (QED) is 0.598. The second kappa shape index (κ2) is 4.28. The summed E-state index contributed by atoms with van der Waals surface area (Å²) in [6, 6.07) is 0.133. The first-order valence-corrected chi connectivity index (χ1v) is 5.15. The molecular weight excluding hydrogens is 180 g/mol. The molecule has 0 saturated heterocycles. The number of hydrogen-bond acceptors (Lipinski definition) is 3. The van der Waals surface area contributed by atoms with E-state index in [9.17, 15) is 9.90 Å². The average Bonchev–Trinajstić information content (AvgIpc) is 2.47. The summed E-state index contributed by atoms with van der Waals surface area (Å²) in [6.45, 7) is 4.15. The largest absolute Gasteiger partial charge is 0.392 e. The van der Waals surface area contributed by atoms with Crippen molar-refractivity contribution in [1.82, 2.24) is 5.32 Å². The SMILES string of the molecule is CC(C)(CNC1CCCC1O)C(N)=O. The molecule has 4 nitrogen and oxygen atoms in total. The molecule has 1 fully saturated rings. The number of hydrogen-bond donors (Lipinski definition) is 3. The van der Waals surface area contributed by atoms with Gasteiger partial charge in [-0.2, -0.15) is 0 Å². The summed E-state index contributed by atoms with van der Waals surface area (Å²) in [4.78, 5) is 11.0. The van der Waals surface area contributed by atoms with Gasteiger partial charge in [-0.05, 0) is 33.1 Å². The molecule has 2 unspecified atom stereocenters. The lowest BCUT2D eigenvalue weighted by Crippen LogP contribution is -2.46. The number of carbonyl (C=O) groups is 1.